The van der Waals surface area contributed by atoms with Gasteiger partial charge in [0.15, 0.2) is 0 Å². The summed E-state index contributed by atoms with van der Waals surface area (Å²) in [6.45, 7) is 2.47. The minimum Gasteiger partial charge on any atom is -0.395 e. The largest absolute Gasteiger partial charge is 0.395 e. The Morgan fingerprint density at radius 1 is 1.35 bits per heavy atom. The zero-order valence-electron chi connectivity index (χ0n) is 11.7. The second-order valence-electron chi connectivity index (χ2n) is 5.54. The summed E-state index contributed by atoms with van der Waals surface area (Å²) in [6, 6.07) is 3.83. The van der Waals surface area contributed by atoms with Crippen molar-refractivity contribution in [2.24, 2.45) is 5.41 Å². The summed E-state index contributed by atoms with van der Waals surface area (Å²) in [5, 5.41) is 0. The third kappa shape index (κ3) is 2.96. The molecule has 112 valence electrons. The van der Waals surface area contributed by atoms with Gasteiger partial charge in [-0.05, 0) is 36.8 Å². The van der Waals surface area contributed by atoms with E-state index in [9.17, 15) is 12.8 Å². The van der Waals surface area contributed by atoms with Gasteiger partial charge in [0.1, 0.15) is 10.7 Å². The highest BCUT2D eigenvalue weighted by Crippen LogP contribution is 2.40. The summed E-state index contributed by atoms with van der Waals surface area (Å²) in [5.41, 5.74) is 5.24. The molecule has 0 amide bonds. The van der Waals surface area contributed by atoms with E-state index in [4.69, 9.17) is 5.73 Å². The molecule has 2 rings (SSSR count). The summed E-state index contributed by atoms with van der Waals surface area (Å²) >= 11 is 0. The average Bonchev–Trinajstić information content (AvgIpc) is 2.89. The molecule has 0 aromatic heterocycles. The van der Waals surface area contributed by atoms with Crippen LogP contribution in [0.1, 0.15) is 39.0 Å². The fourth-order valence-corrected chi connectivity index (χ4v) is 4.15. The van der Waals surface area contributed by atoms with Crippen LogP contribution in [0.3, 0.4) is 0 Å². The second-order valence-corrected chi connectivity index (χ2v) is 7.27. The molecule has 0 radical (unpaired) electrons. The second kappa shape index (κ2) is 5.69. The maximum atomic E-state index is 13.4. The van der Waals surface area contributed by atoms with E-state index >= 15 is 0 Å². The standard InChI is InChI=1S/C14H21FN2O2S/c1-2-14(8-3-4-9-14)10-17-20(18,19)12-7-5-6-11(15)13(12)16/h5-7,17H,2-4,8-10,16H2,1H3. The van der Waals surface area contributed by atoms with E-state index in [1.807, 2.05) is 0 Å². The quantitative estimate of drug-likeness (QED) is 0.821. The lowest BCUT2D eigenvalue weighted by Gasteiger charge is -2.27. The number of nitrogens with one attached hydrogen (secondary N) is 1. The summed E-state index contributed by atoms with van der Waals surface area (Å²) in [5.74, 6) is -0.709. The van der Waals surface area contributed by atoms with E-state index in [0.717, 1.165) is 38.2 Å². The molecule has 0 atom stereocenters. The highest BCUT2D eigenvalue weighted by Gasteiger charge is 2.33. The molecule has 1 aromatic carbocycles. The molecule has 20 heavy (non-hydrogen) atoms. The summed E-state index contributed by atoms with van der Waals surface area (Å²) in [4.78, 5) is -0.179. The number of rotatable bonds is 5. The van der Waals surface area contributed by atoms with Gasteiger partial charge in [-0.3, -0.25) is 0 Å². The van der Waals surface area contributed by atoms with Gasteiger partial charge in [0.2, 0.25) is 10.0 Å². The van der Waals surface area contributed by atoms with Gasteiger partial charge in [-0.25, -0.2) is 17.5 Å². The number of nitrogens with two attached hydrogens (primary N) is 1. The Morgan fingerprint density at radius 3 is 2.60 bits per heavy atom. The van der Waals surface area contributed by atoms with E-state index in [2.05, 4.69) is 11.6 Å². The van der Waals surface area contributed by atoms with Gasteiger partial charge < -0.3 is 5.73 Å². The maximum absolute atomic E-state index is 13.4. The van der Waals surface area contributed by atoms with Crippen LogP contribution in [-0.2, 0) is 10.0 Å². The molecule has 3 N–H and O–H groups in total. The van der Waals surface area contributed by atoms with Crippen LogP contribution in [0.4, 0.5) is 10.1 Å². The Balaban J connectivity index is 2.17. The van der Waals surface area contributed by atoms with E-state index in [0.29, 0.717) is 6.54 Å². The highest BCUT2D eigenvalue weighted by atomic mass is 32.2. The fourth-order valence-electron chi connectivity index (χ4n) is 2.86. The van der Waals surface area contributed by atoms with Crippen molar-refractivity contribution in [1.29, 1.82) is 0 Å². The molecule has 0 heterocycles. The molecule has 1 aromatic rings. The Kier molecular flexibility index (Phi) is 4.34. The van der Waals surface area contributed by atoms with Crippen LogP contribution in [0.2, 0.25) is 0 Å². The first-order valence-electron chi connectivity index (χ1n) is 6.94. The fraction of sp³-hybridized carbons (Fsp3) is 0.571. The van der Waals surface area contributed by atoms with Crippen molar-refractivity contribution in [2.45, 2.75) is 43.9 Å². The first-order valence-corrected chi connectivity index (χ1v) is 8.42. The van der Waals surface area contributed by atoms with Crippen molar-refractivity contribution < 1.29 is 12.8 Å². The smallest absolute Gasteiger partial charge is 0.242 e. The zero-order valence-corrected chi connectivity index (χ0v) is 12.5. The Morgan fingerprint density at radius 2 is 2.00 bits per heavy atom. The van der Waals surface area contributed by atoms with Crippen molar-refractivity contribution in [3.8, 4) is 0 Å². The number of nitrogen functional groups attached to an aromatic ring is 1. The van der Waals surface area contributed by atoms with Crippen molar-refractivity contribution >= 4 is 15.7 Å². The number of hydrogen-bond acceptors (Lipinski definition) is 3. The van der Waals surface area contributed by atoms with Crippen LogP contribution in [-0.4, -0.2) is 15.0 Å². The minimum atomic E-state index is -3.76. The van der Waals surface area contributed by atoms with Crippen LogP contribution in [0.25, 0.3) is 0 Å². The highest BCUT2D eigenvalue weighted by molar-refractivity contribution is 7.89. The Labute approximate surface area is 119 Å². The van der Waals surface area contributed by atoms with Crippen molar-refractivity contribution in [3.63, 3.8) is 0 Å². The number of para-hydroxylation sites is 1. The van der Waals surface area contributed by atoms with Gasteiger partial charge in [-0.1, -0.05) is 25.8 Å². The zero-order chi connectivity index (χ0) is 14.8. The lowest BCUT2D eigenvalue weighted by molar-refractivity contribution is 0.285. The molecule has 0 aliphatic heterocycles. The van der Waals surface area contributed by atoms with E-state index in [1.165, 1.54) is 12.1 Å². The van der Waals surface area contributed by atoms with Crippen molar-refractivity contribution in [2.75, 3.05) is 12.3 Å². The van der Waals surface area contributed by atoms with Gasteiger partial charge in [-0.2, -0.15) is 0 Å². The number of anilines is 1. The number of sulfonamides is 1. The molecule has 0 spiro atoms. The number of halogens is 1. The van der Waals surface area contributed by atoms with Gasteiger partial charge in [0.25, 0.3) is 0 Å². The Bertz CT molecular complexity index is 581. The predicted molar refractivity (Wildman–Crippen MR) is 77.2 cm³/mol. The molecule has 1 aliphatic rings. The lowest BCUT2D eigenvalue weighted by atomic mass is 9.84. The molecule has 6 heteroatoms. The normalized spacial score (nSPS) is 18.3. The van der Waals surface area contributed by atoms with Crippen LogP contribution >= 0.6 is 0 Å². The minimum absolute atomic E-state index is 0.0369. The molecular weight excluding hydrogens is 279 g/mol. The molecule has 0 bridgehead atoms. The third-order valence-electron chi connectivity index (χ3n) is 4.35. The maximum Gasteiger partial charge on any atom is 0.242 e. The van der Waals surface area contributed by atoms with Gasteiger partial charge in [0.05, 0.1) is 5.69 Å². The van der Waals surface area contributed by atoms with Crippen molar-refractivity contribution in [1.82, 2.24) is 4.72 Å². The van der Waals surface area contributed by atoms with Gasteiger partial charge in [-0.15, -0.1) is 0 Å². The van der Waals surface area contributed by atoms with Crippen LogP contribution in [0.5, 0.6) is 0 Å². The number of benzene rings is 1. The molecular formula is C14H21FN2O2S. The number of hydrogen-bond donors (Lipinski definition) is 2. The molecule has 1 aliphatic carbocycles. The molecule has 0 unspecified atom stereocenters. The average molecular weight is 300 g/mol. The van der Waals surface area contributed by atoms with E-state index in [-0.39, 0.29) is 16.0 Å². The summed E-state index contributed by atoms with van der Waals surface area (Å²) in [7, 11) is -3.76. The molecule has 4 nitrogen and oxygen atoms in total. The van der Waals surface area contributed by atoms with Crippen LogP contribution < -0.4 is 10.5 Å². The van der Waals surface area contributed by atoms with Crippen LogP contribution in [0, 0.1) is 11.2 Å². The third-order valence-corrected chi connectivity index (χ3v) is 5.81. The first kappa shape index (κ1) is 15.3. The van der Waals surface area contributed by atoms with Gasteiger partial charge >= 0.3 is 0 Å². The summed E-state index contributed by atoms with van der Waals surface area (Å²) in [6.07, 6.45) is 5.28. The van der Waals surface area contributed by atoms with E-state index in [1.54, 1.807) is 0 Å². The lowest BCUT2D eigenvalue weighted by Crippen LogP contribution is -2.36. The molecule has 1 saturated carbocycles. The topological polar surface area (TPSA) is 72.2 Å². The van der Waals surface area contributed by atoms with Gasteiger partial charge in [0, 0.05) is 6.54 Å². The van der Waals surface area contributed by atoms with Crippen molar-refractivity contribution in [3.05, 3.63) is 24.0 Å². The SMILES string of the molecule is CCC1(CNS(=O)(=O)c2cccc(F)c2N)CCCC1. The first-order chi connectivity index (χ1) is 9.40. The van der Waals surface area contributed by atoms with E-state index < -0.39 is 15.8 Å². The molecule has 1 fully saturated rings. The Hall–Kier alpha value is -1.14. The monoisotopic (exact) mass is 300 g/mol. The van der Waals surface area contributed by atoms with Crippen LogP contribution in [0.15, 0.2) is 23.1 Å². The predicted octanol–water partition coefficient (Wildman–Crippen LogP) is 2.66. The summed E-state index contributed by atoms with van der Waals surface area (Å²) < 4.78 is 40.5. The molecule has 0 saturated heterocycles.